The topological polar surface area (TPSA) is 54.1 Å². The SMILES string of the molecule is O=C1N=NC(c2ccc(I)cc2)=N1. The van der Waals surface area contributed by atoms with Crippen LogP contribution in [0, 0.1) is 3.57 Å². The number of rotatable bonds is 1. The summed E-state index contributed by atoms with van der Waals surface area (Å²) < 4.78 is 1.13. The highest BCUT2D eigenvalue weighted by Gasteiger charge is 2.11. The number of hydrogen-bond donors (Lipinski definition) is 0. The van der Waals surface area contributed by atoms with Crippen LogP contribution < -0.4 is 0 Å². The maximum absolute atomic E-state index is 10.6. The zero-order valence-electron chi connectivity index (χ0n) is 6.44. The van der Waals surface area contributed by atoms with Crippen LogP contribution in [0.25, 0.3) is 0 Å². The van der Waals surface area contributed by atoms with E-state index in [0.29, 0.717) is 5.84 Å². The number of urea groups is 1. The van der Waals surface area contributed by atoms with E-state index < -0.39 is 6.03 Å². The third-order valence-electron chi connectivity index (χ3n) is 1.53. The third kappa shape index (κ3) is 1.80. The summed E-state index contributed by atoms with van der Waals surface area (Å²) in [5.41, 5.74) is 0.815. The average molecular weight is 285 g/mol. The van der Waals surface area contributed by atoms with Crippen LogP contribution >= 0.6 is 22.6 Å². The molecule has 0 aromatic heterocycles. The molecule has 0 atom stereocenters. The average Bonchev–Trinajstić information content (AvgIpc) is 2.53. The van der Waals surface area contributed by atoms with Gasteiger partial charge in [0.05, 0.1) is 0 Å². The van der Waals surface area contributed by atoms with Gasteiger partial charge in [0, 0.05) is 9.13 Å². The van der Waals surface area contributed by atoms with Crippen LogP contribution in [0.5, 0.6) is 0 Å². The van der Waals surface area contributed by atoms with Crippen LogP contribution in [0.2, 0.25) is 0 Å². The molecule has 4 nitrogen and oxygen atoms in total. The van der Waals surface area contributed by atoms with Crippen molar-refractivity contribution in [3.05, 3.63) is 33.4 Å². The molecule has 0 N–H and O–H groups in total. The first-order chi connectivity index (χ1) is 6.25. The molecule has 0 spiro atoms. The van der Waals surface area contributed by atoms with Crippen molar-refractivity contribution in [2.24, 2.45) is 15.2 Å². The summed E-state index contributed by atoms with van der Waals surface area (Å²) in [4.78, 5) is 14.3. The first kappa shape index (κ1) is 8.49. The normalized spacial score (nSPS) is 14.8. The largest absolute Gasteiger partial charge is 0.387 e. The molecule has 2 amide bonds. The Hall–Kier alpha value is -1.11. The van der Waals surface area contributed by atoms with Gasteiger partial charge in [-0.25, -0.2) is 4.79 Å². The van der Waals surface area contributed by atoms with Crippen molar-refractivity contribution in [2.75, 3.05) is 0 Å². The predicted octanol–water partition coefficient (Wildman–Crippen LogP) is 2.62. The Labute approximate surface area is 87.9 Å². The number of hydrogen-bond acceptors (Lipinski definition) is 2. The second kappa shape index (κ2) is 3.33. The molecule has 1 aliphatic heterocycles. The number of benzene rings is 1. The fourth-order valence-electron chi connectivity index (χ4n) is 0.947. The van der Waals surface area contributed by atoms with E-state index in [-0.39, 0.29) is 0 Å². The minimum Gasteiger partial charge on any atom is -0.242 e. The summed E-state index contributed by atoms with van der Waals surface area (Å²) >= 11 is 2.20. The van der Waals surface area contributed by atoms with E-state index in [1.54, 1.807) is 0 Å². The van der Waals surface area contributed by atoms with Gasteiger partial charge in [0.2, 0.25) is 0 Å². The van der Waals surface area contributed by atoms with Crippen molar-refractivity contribution in [3.63, 3.8) is 0 Å². The van der Waals surface area contributed by atoms with Crippen molar-refractivity contribution in [1.29, 1.82) is 0 Å². The molecule has 64 valence electrons. The first-order valence-electron chi connectivity index (χ1n) is 3.56. The van der Waals surface area contributed by atoms with Gasteiger partial charge >= 0.3 is 6.03 Å². The number of nitrogens with zero attached hydrogens (tertiary/aromatic N) is 3. The summed E-state index contributed by atoms with van der Waals surface area (Å²) in [6.07, 6.45) is 0. The lowest BCUT2D eigenvalue weighted by Gasteiger charge is -1.94. The molecule has 13 heavy (non-hydrogen) atoms. The number of amidine groups is 1. The maximum atomic E-state index is 10.6. The molecule has 0 bridgehead atoms. The summed E-state index contributed by atoms with van der Waals surface area (Å²) in [7, 11) is 0. The molecule has 5 heteroatoms. The van der Waals surface area contributed by atoms with Crippen molar-refractivity contribution >= 4 is 34.5 Å². The van der Waals surface area contributed by atoms with E-state index in [9.17, 15) is 4.79 Å². The highest BCUT2D eigenvalue weighted by atomic mass is 127. The van der Waals surface area contributed by atoms with Gasteiger partial charge in [-0.1, -0.05) is 17.2 Å². The summed E-state index contributed by atoms with van der Waals surface area (Å²) in [6, 6.07) is 7.04. The van der Waals surface area contributed by atoms with Crippen LogP contribution in [0.15, 0.2) is 39.5 Å². The molecule has 0 unspecified atom stereocenters. The number of azo groups is 1. The van der Waals surface area contributed by atoms with Gasteiger partial charge < -0.3 is 0 Å². The molecular formula is C8H4IN3O. The number of halogens is 1. The molecule has 1 aromatic carbocycles. The second-order valence-electron chi connectivity index (χ2n) is 2.42. The van der Waals surface area contributed by atoms with Crippen LogP contribution in [0.1, 0.15) is 5.56 Å². The second-order valence-corrected chi connectivity index (χ2v) is 3.67. The fourth-order valence-corrected chi connectivity index (χ4v) is 1.31. The van der Waals surface area contributed by atoms with E-state index in [1.165, 1.54) is 0 Å². The molecule has 2 rings (SSSR count). The van der Waals surface area contributed by atoms with Gasteiger partial charge in [-0.15, -0.1) is 5.11 Å². The van der Waals surface area contributed by atoms with Crippen molar-refractivity contribution in [2.45, 2.75) is 0 Å². The highest BCUT2D eigenvalue weighted by molar-refractivity contribution is 14.1. The zero-order chi connectivity index (χ0) is 9.26. The van der Waals surface area contributed by atoms with Gasteiger partial charge in [-0.2, -0.15) is 4.99 Å². The van der Waals surface area contributed by atoms with Crippen LogP contribution in [0.3, 0.4) is 0 Å². The lowest BCUT2D eigenvalue weighted by atomic mass is 10.2. The lowest BCUT2D eigenvalue weighted by Crippen LogP contribution is -1.93. The van der Waals surface area contributed by atoms with E-state index in [1.807, 2.05) is 24.3 Å². The number of amides is 2. The molecule has 1 aliphatic rings. The van der Waals surface area contributed by atoms with E-state index >= 15 is 0 Å². The monoisotopic (exact) mass is 285 g/mol. The van der Waals surface area contributed by atoms with Gasteiger partial charge in [0.1, 0.15) is 0 Å². The predicted molar refractivity (Wildman–Crippen MR) is 55.9 cm³/mol. The maximum Gasteiger partial charge on any atom is 0.387 e. The summed E-state index contributed by atoms with van der Waals surface area (Å²) in [5.74, 6) is 0.390. The van der Waals surface area contributed by atoms with Crippen molar-refractivity contribution in [1.82, 2.24) is 0 Å². The zero-order valence-corrected chi connectivity index (χ0v) is 8.59. The molecule has 1 heterocycles. The van der Waals surface area contributed by atoms with E-state index in [0.717, 1.165) is 9.13 Å². The number of carbonyl (C=O) groups excluding carboxylic acids is 1. The van der Waals surface area contributed by atoms with Crippen LogP contribution in [-0.4, -0.2) is 11.9 Å². The van der Waals surface area contributed by atoms with Crippen molar-refractivity contribution < 1.29 is 4.79 Å². The minimum atomic E-state index is -0.534. The Bertz CT molecular complexity index is 408. The molecule has 0 saturated carbocycles. The number of aliphatic imine (C=N–C) groups is 1. The fraction of sp³-hybridized carbons (Fsp3) is 0. The van der Waals surface area contributed by atoms with Crippen molar-refractivity contribution in [3.8, 4) is 0 Å². The molecular weight excluding hydrogens is 281 g/mol. The third-order valence-corrected chi connectivity index (χ3v) is 2.25. The van der Waals surface area contributed by atoms with E-state index in [2.05, 4.69) is 37.8 Å². The molecule has 0 aliphatic carbocycles. The highest BCUT2D eigenvalue weighted by Crippen LogP contribution is 2.11. The Morgan fingerprint density at radius 2 is 1.77 bits per heavy atom. The smallest absolute Gasteiger partial charge is 0.242 e. The lowest BCUT2D eigenvalue weighted by molar-refractivity contribution is 0.257. The molecule has 0 radical (unpaired) electrons. The van der Waals surface area contributed by atoms with Gasteiger partial charge in [0.15, 0.2) is 5.84 Å². The summed E-state index contributed by atoms with van der Waals surface area (Å²) in [6.45, 7) is 0. The standard InChI is InChI=1S/C8H4IN3O/c9-6-3-1-5(2-4-6)7-10-8(13)12-11-7/h1-4H. The van der Waals surface area contributed by atoms with Crippen LogP contribution in [0.4, 0.5) is 4.79 Å². The quantitative estimate of drug-likeness (QED) is 0.732. The minimum absolute atomic E-state index is 0.390. The van der Waals surface area contributed by atoms with E-state index in [4.69, 9.17) is 0 Å². The Kier molecular flexibility index (Phi) is 2.17. The van der Waals surface area contributed by atoms with Gasteiger partial charge in [-0.3, -0.25) is 0 Å². The van der Waals surface area contributed by atoms with Crippen LogP contribution in [-0.2, 0) is 0 Å². The van der Waals surface area contributed by atoms with Gasteiger partial charge in [-0.05, 0) is 34.7 Å². The molecule has 0 fully saturated rings. The van der Waals surface area contributed by atoms with Gasteiger partial charge in [0.25, 0.3) is 0 Å². The Morgan fingerprint density at radius 1 is 1.08 bits per heavy atom. The Balaban J connectivity index is 2.37. The number of carbonyl (C=O) groups is 1. The molecule has 0 saturated heterocycles. The molecule has 1 aromatic rings. The Morgan fingerprint density at radius 3 is 2.31 bits per heavy atom. The first-order valence-corrected chi connectivity index (χ1v) is 4.64. The summed E-state index contributed by atoms with van der Waals surface area (Å²) in [5, 5.41) is 6.94.